The zero-order valence-corrected chi connectivity index (χ0v) is 24.3. The molecule has 8 nitrogen and oxygen atoms in total. The minimum absolute atomic E-state index is 0.0600. The number of nitrogens with one attached hydrogen (secondary N) is 2. The summed E-state index contributed by atoms with van der Waals surface area (Å²) < 4.78 is 7.72. The summed E-state index contributed by atoms with van der Waals surface area (Å²) in [5.74, 6) is 0.612. The predicted octanol–water partition coefficient (Wildman–Crippen LogP) is 5.40. The van der Waals surface area contributed by atoms with Crippen molar-refractivity contribution in [3.8, 4) is 11.8 Å². The minimum atomic E-state index is -0.271. The number of hydrogen-bond donors (Lipinski definition) is 2. The number of ether oxygens (including phenoxy) is 1. The molecule has 0 aliphatic carbocycles. The molecule has 41 heavy (non-hydrogen) atoms. The van der Waals surface area contributed by atoms with Crippen LogP contribution in [0.3, 0.4) is 0 Å². The second-order valence-corrected chi connectivity index (χ2v) is 11.1. The van der Waals surface area contributed by atoms with Crippen LogP contribution in [0.5, 0.6) is 5.75 Å². The van der Waals surface area contributed by atoms with Crippen molar-refractivity contribution >= 4 is 16.8 Å². The van der Waals surface area contributed by atoms with Gasteiger partial charge < -0.3 is 19.6 Å². The Morgan fingerprint density at radius 3 is 2.73 bits per heavy atom. The molecule has 1 aliphatic heterocycles. The number of carbonyl (C=O) groups excluding carboxylic acids is 1. The molecule has 0 radical (unpaired) electrons. The summed E-state index contributed by atoms with van der Waals surface area (Å²) in [6.45, 7) is 7.06. The van der Waals surface area contributed by atoms with Gasteiger partial charge in [-0.15, -0.1) is 0 Å². The van der Waals surface area contributed by atoms with Gasteiger partial charge in [-0.1, -0.05) is 30.3 Å². The fourth-order valence-electron chi connectivity index (χ4n) is 6.46. The number of nitriles is 1. The zero-order chi connectivity index (χ0) is 29.3. The summed E-state index contributed by atoms with van der Waals surface area (Å²) in [6, 6.07) is 20.3. The van der Waals surface area contributed by atoms with Crippen LogP contribution in [0.2, 0.25) is 0 Å². The zero-order valence-electron chi connectivity index (χ0n) is 24.3. The highest BCUT2D eigenvalue weighted by molar-refractivity contribution is 6.08. The second kappa shape index (κ2) is 11.6. The van der Waals surface area contributed by atoms with Crippen LogP contribution in [0.15, 0.2) is 59.4 Å². The van der Waals surface area contributed by atoms with E-state index in [1.807, 2.05) is 43.3 Å². The maximum absolute atomic E-state index is 13.7. The number of methoxy groups -OCH3 is 1. The van der Waals surface area contributed by atoms with E-state index >= 15 is 0 Å². The van der Waals surface area contributed by atoms with E-state index < -0.39 is 0 Å². The molecule has 1 saturated heterocycles. The monoisotopic (exact) mass is 551 g/mol. The first-order chi connectivity index (χ1) is 19.7. The molecule has 3 unspecified atom stereocenters. The number of rotatable bonds is 7. The molecule has 4 aromatic rings. The van der Waals surface area contributed by atoms with E-state index in [0.29, 0.717) is 34.1 Å². The molecule has 3 atom stereocenters. The molecule has 8 heteroatoms. The Labute approximate surface area is 240 Å². The first-order valence-corrected chi connectivity index (χ1v) is 14.1. The van der Waals surface area contributed by atoms with Crippen LogP contribution in [-0.2, 0) is 6.54 Å². The van der Waals surface area contributed by atoms with E-state index in [0.717, 1.165) is 36.0 Å². The van der Waals surface area contributed by atoms with Gasteiger partial charge in [0.1, 0.15) is 5.75 Å². The van der Waals surface area contributed by atoms with Gasteiger partial charge >= 0.3 is 0 Å². The molecule has 2 N–H and O–H groups in total. The number of benzene rings is 2. The van der Waals surface area contributed by atoms with E-state index in [9.17, 15) is 14.9 Å². The molecule has 2 aromatic heterocycles. The molecule has 2 aromatic carbocycles. The quantitative estimate of drug-likeness (QED) is 0.320. The van der Waals surface area contributed by atoms with Crippen molar-refractivity contribution < 1.29 is 9.53 Å². The molecule has 0 saturated carbocycles. The minimum Gasteiger partial charge on any atom is -0.496 e. The van der Waals surface area contributed by atoms with E-state index in [2.05, 4.69) is 51.9 Å². The van der Waals surface area contributed by atoms with Crippen LogP contribution < -0.4 is 15.6 Å². The Kier molecular flexibility index (Phi) is 8.00. The number of fused-ring (bicyclic) bond motifs is 1. The van der Waals surface area contributed by atoms with E-state index in [1.165, 1.54) is 12.7 Å². The van der Waals surface area contributed by atoms with Gasteiger partial charge in [0.25, 0.3) is 11.5 Å². The van der Waals surface area contributed by atoms with Gasteiger partial charge in [0.15, 0.2) is 0 Å². The number of aromatic amines is 1. The molecular formula is C33H37N5O3. The van der Waals surface area contributed by atoms with Crippen LogP contribution in [0.25, 0.3) is 10.9 Å². The van der Waals surface area contributed by atoms with Crippen LogP contribution in [0.1, 0.15) is 70.3 Å². The van der Waals surface area contributed by atoms with Gasteiger partial charge in [0.2, 0.25) is 0 Å². The molecular weight excluding hydrogens is 514 g/mol. The van der Waals surface area contributed by atoms with Crippen molar-refractivity contribution in [3.63, 3.8) is 0 Å². The lowest BCUT2D eigenvalue weighted by atomic mass is 9.83. The van der Waals surface area contributed by atoms with Crippen molar-refractivity contribution in [3.05, 3.63) is 98.6 Å². The molecule has 212 valence electrons. The number of aryl methyl sites for hydroxylation is 1. The highest BCUT2D eigenvalue weighted by Gasteiger charge is 2.33. The average Bonchev–Trinajstić information content (AvgIpc) is 3.27. The van der Waals surface area contributed by atoms with Gasteiger partial charge in [-0.3, -0.25) is 14.5 Å². The number of para-hydroxylation sites is 1. The number of hydrogen-bond acceptors (Lipinski definition) is 5. The van der Waals surface area contributed by atoms with Gasteiger partial charge in [0, 0.05) is 34.4 Å². The molecule has 1 fully saturated rings. The van der Waals surface area contributed by atoms with Crippen LogP contribution in [0.4, 0.5) is 0 Å². The molecule has 1 aliphatic rings. The van der Waals surface area contributed by atoms with Crippen molar-refractivity contribution in [2.24, 2.45) is 5.92 Å². The normalized spacial score (nSPS) is 18.1. The van der Waals surface area contributed by atoms with E-state index in [4.69, 9.17) is 4.74 Å². The van der Waals surface area contributed by atoms with Crippen LogP contribution >= 0.6 is 0 Å². The molecule has 0 spiro atoms. The first kappa shape index (κ1) is 28.2. The highest BCUT2D eigenvalue weighted by Crippen LogP contribution is 2.41. The van der Waals surface area contributed by atoms with Crippen molar-refractivity contribution in [1.29, 1.82) is 5.26 Å². The number of aromatic nitrogens is 2. The number of pyridine rings is 1. The van der Waals surface area contributed by atoms with Gasteiger partial charge in [-0.2, -0.15) is 5.26 Å². The maximum atomic E-state index is 13.7. The summed E-state index contributed by atoms with van der Waals surface area (Å²) in [7, 11) is 3.67. The molecule has 5 rings (SSSR count). The number of piperidine rings is 1. The smallest absolute Gasteiger partial charge is 0.256 e. The number of likely N-dealkylation sites (tertiary alicyclic amines) is 1. The lowest BCUT2D eigenvalue weighted by Crippen LogP contribution is -2.36. The van der Waals surface area contributed by atoms with E-state index in [-0.39, 0.29) is 30.1 Å². The Bertz CT molecular complexity index is 1700. The second-order valence-electron chi connectivity index (χ2n) is 11.1. The van der Waals surface area contributed by atoms with Gasteiger partial charge in [-0.05, 0) is 83.0 Å². The summed E-state index contributed by atoms with van der Waals surface area (Å²) in [6.07, 6.45) is 1.99. The standard InChI is InChI=1S/C33H37N5O3/c1-20-15-30(41-5)27(32(39)36-20)19-35-33(40)31-22(3)38(28-12-7-6-11-26(28)31)21(2)24-13-14-37(4)29(17-24)25-10-8-9-23(16-25)18-34/h6-12,15-16,21,24,29H,13-14,17,19H2,1-5H3,(H,35,40)(H,36,39). The number of nitrogens with zero attached hydrogens (tertiary/aromatic N) is 3. The fraction of sp³-hybridized carbons (Fsp3) is 0.364. The number of H-pyrrole nitrogens is 1. The number of carbonyl (C=O) groups is 1. The average molecular weight is 552 g/mol. The van der Waals surface area contributed by atoms with Crippen LogP contribution in [0, 0.1) is 31.1 Å². The summed E-state index contributed by atoms with van der Waals surface area (Å²) >= 11 is 0. The summed E-state index contributed by atoms with van der Waals surface area (Å²) in [5, 5.41) is 13.3. The molecule has 1 amide bonds. The largest absolute Gasteiger partial charge is 0.496 e. The van der Waals surface area contributed by atoms with Crippen molar-refractivity contribution in [2.45, 2.75) is 52.2 Å². The molecule has 3 heterocycles. The Balaban J connectivity index is 1.45. The third kappa shape index (κ3) is 5.38. The lowest BCUT2D eigenvalue weighted by molar-refractivity contribution is 0.0950. The third-order valence-corrected chi connectivity index (χ3v) is 8.66. The van der Waals surface area contributed by atoms with Crippen LogP contribution in [-0.4, -0.2) is 41.1 Å². The summed E-state index contributed by atoms with van der Waals surface area (Å²) in [4.78, 5) is 31.4. The first-order valence-electron chi connectivity index (χ1n) is 14.1. The number of amides is 1. The Hall–Kier alpha value is -4.35. The van der Waals surface area contributed by atoms with Crippen molar-refractivity contribution in [2.75, 3.05) is 20.7 Å². The Morgan fingerprint density at radius 1 is 1.20 bits per heavy atom. The fourth-order valence-corrected chi connectivity index (χ4v) is 6.46. The molecule has 0 bridgehead atoms. The van der Waals surface area contributed by atoms with E-state index in [1.54, 1.807) is 13.0 Å². The topological polar surface area (TPSA) is 103 Å². The van der Waals surface area contributed by atoms with Gasteiger partial charge in [-0.25, -0.2) is 0 Å². The van der Waals surface area contributed by atoms with Gasteiger partial charge in [0.05, 0.1) is 36.4 Å². The third-order valence-electron chi connectivity index (χ3n) is 8.66. The Morgan fingerprint density at radius 2 is 1.98 bits per heavy atom. The lowest BCUT2D eigenvalue weighted by Gasteiger charge is -2.40. The maximum Gasteiger partial charge on any atom is 0.256 e. The predicted molar refractivity (Wildman–Crippen MR) is 160 cm³/mol. The van der Waals surface area contributed by atoms with Crippen molar-refractivity contribution in [1.82, 2.24) is 19.8 Å². The highest BCUT2D eigenvalue weighted by atomic mass is 16.5. The summed E-state index contributed by atoms with van der Waals surface area (Å²) in [5.41, 5.74) is 5.22. The SMILES string of the molecule is COc1cc(C)[nH]c(=O)c1CNC(=O)c1c(C)n(C(C)C2CCN(C)C(c3cccc(C#N)c3)C2)c2ccccc12.